The molecule has 1 atom stereocenters. The predicted molar refractivity (Wildman–Crippen MR) is 101 cm³/mol. The molecule has 1 aliphatic heterocycles. The van der Waals surface area contributed by atoms with Crippen LogP contribution in [0.1, 0.15) is 33.8 Å². The molecule has 0 bridgehead atoms. The van der Waals surface area contributed by atoms with Gasteiger partial charge in [0.25, 0.3) is 11.8 Å². The van der Waals surface area contributed by atoms with E-state index in [-0.39, 0.29) is 17.9 Å². The molecule has 126 valence electrons. The van der Waals surface area contributed by atoms with E-state index in [0.717, 1.165) is 21.1 Å². The Bertz CT molecular complexity index is 992. The molecule has 1 aromatic heterocycles. The molecule has 0 fully saturated rings. The van der Waals surface area contributed by atoms with Crippen LogP contribution in [0, 0.1) is 0 Å². The van der Waals surface area contributed by atoms with E-state index < -0.39 is 0 Å². The van der Waals surface area contributed by atoms with Crippen molar-refractivity contribution in [3.8, 4) is 0 Å². The molecule has 2 amide bonds. The fraction of sp³-hybridized carbons (Fsp3) is 0.158. The van der Waals surface area contributed by atoms with Gasteiger partial charge >= 0.3 is 0 Å². The lowest BCUT2D eigenvalue weighted by molar-refractivity contribution is 0.0919. The first-order chi connectivity index (χ1) is 12.0. The molecular formula is C19H16BrN3O2. The molecule has 2 heterocycles. The monoisotopic (exact) mass is 397 g/mol. The number of rotatable bonds is 2. The summed E-state index contributed by atoms with van der Waals surface area (Å²) in [7, 11) is 0. The summed E-state index contributed by atoms with van der Waals surface area (Å²) in [5, 5.41) is 6.73. The van der Waals surface area contributed by atoms with Crippen molar-refractivity contribution in [2.45, 2.75) is 13.0 Å². The molecule has 0 spiro atoms. The van der Waals surface area contributed by atoms with E-state index in [0.29, 0.717) is 17.8 Å². The largest absolute Gasteiger partial charge is 0.349 e. The molecular weight excluding hydrogens is 382 g/mol. The molecule has 25 heavy (non-hydrogen) atoms. The summed E-state index contributed by atoms with van der Waals surface area (Å²) in [4.78, 5) is 24.6. The van der Waals surface area contributed by atoms with Gasteiger partial charge in [-0.1, -0.05) is 22.0 Å². The Morgan fingerprint density at radius 2 is 1.96 bits per heavy atom. The van der Waals surface area contributed by atoms with E-state index in [1.54, 1.807) is 6.07 Å². The maximum Gasteiger partial charge on any atom is 0.268 e. The van der Waals surface area contributed by atoms with Crippen LogP contribution >= 0.6 is 15.9 Å². The first kappa shape index (κ1) is 15.9. The van der Waals surface area contributed by atoms with Crippen molar-refractivity contribution < 1.29 is 9.59 Å². The first-order valence-electron chi connectivity index (χ1n) is 8.03. The Morgan fingerprint density at radius 3 is 2.72 bits per heavy atom. The zero-order chi connectivity index (χ0) is 17.6. The second kappa shape index (κ2) is 6.04. The van der Waals surface area contributed by atoms with Crippen molar-refractivity contribution in [3.63, 3.8) is 0 Å². The third-order valence-corrected chi connectivity index (χ3v) is 4.97. The normalized spacial score (nSPS) is 16.4. The van der Waals surface area contributed by atoms with Gasteiger partial charge in [-0.3, -0.25) is 9.59 Å². The molecule has 2 aromatic carbocycles. The smallest absolute Gasteiger partial charge is 0.268 e. The van der Waals surface area contributed by atoms with Gasteiger partial charge in [0.15, 0.2) is 0 Å². The molecule has 1 unspecified atom stereocenters. The van der Waals surface area contributed by atoms with Crippen LogP contribution in [0.3, 0.4) is 0 Å². The van der Waals surface area contributed by atoms with E-state index in [1.807, 2.05) is 47.0 Å². The Morgan fingerprint density at radius 1 is 1.20 bits per heavy atom. The standard InChI is InChI=1S/C19H16BrN3O2/c1-11-10-21-19(25)17-8-12-2-3-13(9-16(12)23(11)17)18(24)22-15-6-4-14(20)5-7-15/h2-9,11H,10H2,1H3,(H,21,25)(H,22,24). The summed E-state index contributed by atoms with van der Waals surface area (Å²) in [5.41, 5.74) is 2.84. The number of hydrogen-bond acceptors (Lipinski definition) is 2. The van der Waals surface area contributed by atoms with Gasteiger partial charge < -0.3 is 15.2 Å². The number of carbonyl (C=O) groups is 2. The average molecular weight is 398 g/mol. The Balaban J connectivity index is 1.71. The highest BCUT2D eigenvalue weighted by Gasteiger charge is 2.24. The Labute approximate surface area is 153 Å². The van der Waals surface area contributed by atoms with Crippen LogP contribution in [0.2, 0.25) is 0 Å². The highest BCUT2D eigenvalue weighted by Crippen LogP contribution is 2.27. The van der Waals surface area contributed by atoms with Crippen molar-refractivity contribution in [2.75, 3.05) is 11.9 Å². The van der Waals surface area contributed by atoms with Crippen molar-refractivity contribution in [1.29, 1.82) is 0 Å². The molecule has 1 aliphatic rings. The van der Waals surface area contributed by atoms with Crippen LogP contribution < -0.4 is 10.6 Å². The number of halogens is 1. The summed E-state index contributed by atoms with van der Waals surface area (Å²) < 4.78 is 2.96. The van der Waals surface area contributed by atoms with Crippen LogP contribution in [-0.2, 0) is 0 Å². The minimum atomic E-state index is -0.173. The fourth-order valence-corrected chi connectivity index (χ4v) is 3.44. The van der Waals surface area contributed by atoms with Crippen molar-refractivity contribution in [1.82, 2.24) is 9.88 Å². The van der Waals surface area contributed by atoms with Gasteiger partial charge in [0.2, 0.25) is 0 Å². The van der Waals surface area contributed by atoms with Crippen LogP contribution in [-0.4, -0.2) is 22.9 Å². The van der Waals surface area contributed by atoms with Gasteiger partial charge in [0, 0.05) is 39.2 Å². The third kappa shape index (κ3) is 2.82. The Hall–Kier alpha value is -2.60. The summed E-state index contributed by atoms with van der Waals surface area (Å²) >= 11 is 3.38. The van der Waals surface area contributed by atoms with Crippen LogP contribution in [0.5, 0.6) is 0 Å². The average Bonchev–Trinajstić information content (AvgIpc) is 3.00. The molecule has 0 aliphatic carbocycles. The number of hydrogen-bond donors (Lipinski definition) is 2. The number of nitrogens with zero attached hydrogens (tertiary/aromatic N) is 1. The van der Waals surface area contributed by atoms with Crippen molar-refractivity contribution in [3.05, 3.63) is 64.3 Å². The molecule has 3 aromatic rings. The molecule has 0 saturated carbocycles. The Kier molecular flexibility index (Phi) is 3.84. The zero-order valence-corrected chi connectivity index (χ0v) is 15.1. The van der Waals surface area contributed by atoms with E-state index in [1.165, 1.54) is 0 Å². The van der Waals surface area contributed by atoms with Crippen LogP contribution in [0.4, 0.5) is 5.69 Å². The third-order valence-electron chi connectivity index (χ3n) is 4.44. The number of carbonyl (C=O) groups excluding carboxylic acids is 2. The number of amides is 2. The lowest BCUT2D eigenvalue weighted by Crippen LogP contribution is -2.37. The van der Waals surface area contributed by atoms with Crippen LogP contribution in [0.25, 0.3) is 10.9 Å². The molecule has 5 nitrogen and oxygen atoms in total. The van der Waals surface area contributed by atoms with Crippen molar-refractivity contribution in [2.24, 2.45) is 0 Å². The highest BCUT2D eigenvalue weighted by atomic mass is 79.9. The maximum atomic E-state index is 12.6. The van der Waals surface area contributed by atoms with E-state index in [9.17, 15) is 9.59 Å². The zero-order valence-electron chi connectivity index (χ0n) is 13.5. The van der Waals surface area contributed by atoms with Crippen LogP contribution in [0.15, 0.2) is 53.0 Å². The SMILES string of the molecule is CC1CNC(=O)c2cc3ccc(C(=O)Nc4ccc(Br)cc4)cc3n21. The topological polar surface area (TPSA) is 63.1 Å². The quantitative estimate of drug-likeness (QED) is 0.687. The van der Waals surface area contributed by atoms with Gasteiger partial charge in [-0.15, -0.1) is 0 Å². The van der Waals surface area contributed by atoms with Gasteiger partial charge in [0.05, 0.1) is 0 Å². The summed E-state index contributed by atoms with van der Waals surface area (Å²) in [5.74, 6) is -0.247. The molecule has 0 radical (unpaired) electrons. The fourth-order valence-electron chi connectivity index (χ4n) is 3.17. The van der Waals surface area contributed by atoms with Gasteiger partial charge in [-0.2, -0.15) is 0 Å². The lowest BCUT2D eigenvalue weighted by atomic mass is 10.1. The summed E-state index contributed by atoms with van der Waals surface area (Å²) in [6.45, 7) is 2.64. The molecule has 2 N–H and O–H groups in total. The highest BCUT2D eigenvalue weighted by molar-refractivity contribution is 9.10. The number of anilines is 1. The van der Waals surface area contributed by atoms with Crippen molar-refractivity contribution >= 4 is 44.3 Å². The molecule has 4 rings (SSSR count). The van der Waals surface area contributed by atoms with Gasteiger partial charge in [-0.25, -0.2) is 0 Å². The van der Waals surface area contributed by atoms with E-state index in [2.05, 4.69) is 33.5 Å². The number of aromatic nitrogens is 1. The molecule has 6 heteroatoms. The maximum absolute atomic E-state index is 12.6. The van der Waals surface area contributed by atoms with Gasteiger partial charge in [-0.05, 0) is 49.4 Å². The minimum Gasteiger partial charge on any atom is -0.349 e. The first-order valence-corrected chi connectivity index (χ1v) is 8.82. The van der Waals surface area contributed by atoms with E-state index in [4.69, 9.17) is 0 Å². The predicted octanol–water partition coefficient (Wildman–Crippen LogP) is 3.96. The van der Waals surface area contributed by atoms with E-state index >= 15 is 0 Å². The summed E-state index contributed by atoms with van der Waals surface area (Å²) in [6.07, 6.45) is 0. The number of fused-ring (bicyclic) bond motifs is 3. The number of nitrogens with one attached hydrogen (secondary N) is 2. The summed E-state index contributed by atoms with van der Waals surface area (Å²) in [6, 6.07) is 15.0. The van der Waals surface area contributed by atoms with Gasteiger partial charge in [0.1, 0.15) is 5.69 Å². The minimum absolute atomic E-state index is 0.0739. The number of benzene rings is 2. The molecule has 0 saturated heterocycles. The second-order valence-corrected chi connectivity index (χ2v) is 7.11. The second-order valence-electron chi connectivity index (χ2n) is 6.19. The lowest BCUT2D eigenvalue weighted by Gasteiger charge is -2.24.